The standard InChI is InChI=1S/C18H17N3O4/c1-11-6-7-15-14(19-11)9-16(25-15)18(23)21-13-5-3-4-12(8-13)20-17(22)10-24-2/h3-9H,10H2,1-2H3,(H,20,22)(H,21,23). The molecule has 0 atom stereocenters. The van der Waals surface area contributed by atoms with Crippen LogP contribution in [0, 0.1) is 6.92 Å². The summed E-state index contributed by atoms with van der Waals surface area (Å²) in [5.41, 5.74) is 3.12. The minimum atomic E-state index is -0.393. The number of hydrogen-bond acceptors (Lipinski definition) is 5. The van der Waals surface area contributed by atoms with Gasteiger partial charge in [-0.1, -0.05) is 6.07 Å². The second kappa shape index (κ2) is 7.14. The van der Waals surface area contributed by atoms with Crippen molar-refractivity contribution >= 4 is 34.3 Å². The van der Waals surface area contributed by atoms with Crippen LogP contribution in [0.1, 0.15) is 16.2 Å². The summed E-state index contributed by atoms with van der Waals surface area (Å²) < 4.78 is 10.3. The van der Waals surface area contributed by atoms with Gasteiger partial charge in [0.15, 0.2) is 11.3 Å². The summed E-state index contributed by atoms with van der Waals surface area (Å²) in [7, 11) is 1.44. The molecule has 0 aliphatic rings. The van der Waals surface area contributed by atoms with E-state index < -0.39 is 5.91 Å². The Bertz CT molecular complexity index is 933. The van der Waals surface area contributed by atoms with Crippen molar-refractivity contribution in [3.8, 4) is 0 Å². The molecule has 0 fully saturated rings. The molecule has 0 aliphatic carbocycles. The average Bonchev–Trinajstić information content (AvgIpc) is 2.98. The number of aromatic nitrogens is 1. The first kappa shape index (κ1) is 16.7. The fourth-order valence-electron chi connectivity index (χ4n) is 2.33. The number of fused-ring (bicyclic) bond motifs is 1. The predicted octanol–water partition coefficient (Wildman–Crippen LogP) is 2.97. The van der Waals surface area contributed by atoms with Crippen LogP contribution in [0.4, 0.5) is 11.4 Å². The first-order chi connectivity index (χ1) is 12.0. The lowest BCUT2D eigenvalue weighted by Crippen LogP contribution is -2.17. The molecular formula is C18H17N3O4. The fourth-order valence-corrected chi connectivity index (χ4v) is 2.33. The number of ether oxygens (including phenoxy) is 1. The van der Waals surface area contributed by atoms with Crippen molar-refractivity contribution in [3.05, 3.63) is 53.9 Å². The molecule has 1 aromatic carbocycles. The molecule has 0 spiro atoms. The number of hydrogen-bond donors (Lipinski definition) is 2. The maximum absolute atomic E-state index is 12.4. The Morgan fingerprint density at radius 2 is 1.88 bits per heavy atom. The highest BCUT2D eigenvalue weighted by molar-refractivity contribution is 6.04. The van der Waals surface area contributed by atoms with Crippen molar-refractivity contribution in [2.24, 2.45) is 0 Å². The molecular weight excluding hydrogens is 322 g/mol. The molecule has 0 saturated heterocycles. The lowest BCUT2D eigenvalue weighted by atomic mass is 10.2. The van der Waals surface area contributed by atoms with Gasteiger partial charge in [-0.05, 0) is 37.3 Å². The quantitative estimate of drug-likeness (QED) is 0.745. The number of aryl methyl sites for hydroxylation is 1. The normalized spacial score (nSPS) is 10.6. The van der Waals surface area contributed by atoms with Crippen LogP contribution >= 0.6 is 0 Å². The van der Waals surface area contributed by atoms with E-state index in [0.717, 1.165) is 5.69 Å². The Morgan fingerprint density at radius 3 is 2.64 bits per heavy atom. The zero-order valence-electron chi connectivity index (χ0n) is 13.8. The summed E-state index contributed by atoms with van der Waals surface area (Å²) in [5, 5.41) is 5.41. The second-order valence-electron chi connectivity index (χ2n) is 5.46. The zero-order valence-corrected chi connectivity index (χ0v) is 13.8. The Hall–Kier alpha value is -3.19. The molecule has 7 nitrogen and oxygen atoms in total. The average molecular weight is 339 g/mol. The molecule has 0 saturated carbocycles. The van der Waals surface area contributed by atoms with Gasteiger partial charge in [0.05, 0.1) is 0 Å². The predicted molar refractivity (Wildman–Crippen MR) is 93.6 cm³/mol. The number of furan rings is 1. The van der Waals surface area contributed by atoms with E-state index in [2.05, 4.69) is 15.6 Å². The van der Waals surface area contributed by atoms with Gasteiger partial charge in [0.2, 0.25) is 5.91 Å². The van der Waals surface area contributed by atoms with Crippen LogP contribution < -0.4 is 10.6 Å². The SMILES string of the molecule is COCC(=O)Nc1cccc(NC(=O)c2cc3nc(C)ccc3o2)c1. The molecule has 7 heteroatoms. The maximum atomic E-state index is 12.4. The third-order valence-corrected chi connectivity index (χ3v) is 3.42. The summed E-state index contributed by atoms with van der Waals surface area (Å²) in [6, 6.07) is 12.0. The van der Waals surface area contributed by atoms with E-state index in [0.29, 0.717) is 22.5 Å². The second-order valence-corrected chi connectivity index (χ2v) is 5.46. The van der Waals surface area contributed by atoms with E-state index in [9.17, 15) is 9.59 Å². The van der Waals surface area contributed by atoms with Gasteiger partial charge >= 0.3 is 0 Å². The van der Waals surface area contributed by atoms with E-state index >= 15 is 0 Å². The molecule has 0 unspecified atom stereocenters. The van der Waals surface area contributed by atoms with Crippen molar-refractivity contribution in [2.75, 3.05) is 24.4 Å². The number of methoxy groups -OCH3 is 1. The maximum Gasteiger partial charge on any atom is 0.291 e. The third kappa shape index (κ3) is 4.02. The number of rotatable bonds is 5. The monoisotopic (exact) mass is 339 g/mol. The minimum absolute atomic E-state index is 0.0397. The molecule has 25 heavy (non-hydrogen) atoms. The van der Waals surface area contributed by atoms with Crippen LogP contribution in [0.2, 0.25) is 0 Å². The van der Waals surface area contributed by atoms with Crippen molar-refractivity contribution in [1.29, 1.82) is 0 Å². The Kier molecular flexibility index (Phi) is 4.76. The van der Waals surface area contributed by atoms with Gasteiger partial charge in [0.25, 0.3) is 5.91 Å². The summed E-state index contributed by atoms with van der Waals surface area (Å²) in [6.07, 6.45) is 0. The minimum Gasteiger partial charge on any atom is -0.449 e. The van der Waals surface area contributed by atoms with E-state index in [1.165, 1.54) is 7.11 Å². The highest BCUT2D eigenvalue weighted by atomic mass is 16.5. The molecule has 2 heterocycles. The Labute approximate surface area is 144 Å². The Morgan fingerprint density at radius 1 is 1.12 bits per heavy atom. The van der Waals surface area contributed by atoms with E-state index in [1.54, 1.807) is 36.4 Å². The summed E-state index contributed by atoms with van der Waals surface area (Å²) in [4.78, 5) is 28.2. The molecule has 2 N–H and O–H groups in total. The number of nitrogens with zero attached hydrogens (tertiary/aromatic N) is 1. The van der Waals surface area contributed by atoms with Gasteiger partial charge in [-0.25, -0.2) is 4.98 Å². The molecule has 0 aliphatic heterocycles. The smallest absolute Gasteiger partial charge is 0.291 e. The molecule has 2 aromatic heterocycles. The first-order valence-electron chi connectivity index (χ1n) is 7.62. The van der Waals surface area contributed by atoms with Gasteiger partial charge in [-0.3, -0.25) is 9.59 Å². The summed E-state index contributed by atoms with van der Waals surface area (Å²) >= 11 is 0. The summed E-state index contributed by atoms with van der Waals surface area (Å²) in [5.74, 6) is -0.498. The highest BCUT2D eigenvalue weighted by Gasteiger charge is 2.14. The van der Waals surface area contributed by atoms with Crippen molar-refractivity contribution in [3.63, 3.8) is 0 Å². The number of carbonyl (C=O) groups is 2. The van der Waals surface area contributed by atoms with E-state index in [-0.39, 0.29) is 18.3 Å². The topological polar surface area (TPSA) is 93.5 Å². The fraction of sp³-hybridized carbons (Fsp3) is 0.167. The van der Waals surface area contributed by atoms with Crippen LogP contribution in [0.15, 0.2) is 46.9 Å². The van der Waals surface area contributed by atoms with Gasteiger partial charge in [-0.2, -0.15) is 0 Å². The van der Waals surface area contributed by atoms with Crippen LogP contribution in [-0.4, -0.2) is 30.5 Å². The molecule has 0 bridgehead atoms. The van der Waals surface area contributed by atoms with Crippen LogP contribution in [0.5, 0.6) is 0 Å². The zero-order chi connectivity index (χ0) is 17.8. The van der Waals surface area contributed by atoms with Crippen molar-refractivity contribution in [2.45, 2.75) is 6.92 Å². The third-order valence-electron chi connectivity index (χ3n) is 3.42. The first-order valence-corrected chi connectivity index (χ1v) is 7.62. The lowest BCUT2D eigenvalue weighted by molar-refractivity contribution is -0.119. The lowest BCUT2D eigenvalue weighted by Gasteiger charge is -2.07. The number of benzene rings is 1. The van der Waals surface area contributed by atoms with Crippen molar-refractivity contribution in [1.82, 2.24) is 4.98 Å². The molecule has 2 amide bonds. The van der Waals surface area contributed by atoms with Gasteiger partial charge in [-0.15, -0.1) is 0 Å². The molecule has 0 radical (unpaired) electrons. The van der Waals surface area contributed by atoms with Gasteiger partial charge in [0.1, 0.15) is 12.1 Å². The van der Waals surface area contributed by atoms with Crippen LogP contribution in [0.3, 0.4) is 0 Å². The van der Waals surface area contributed by atoms with Gasteiger partial charge < -0.3 is 19.8 Å². The highest BCUT2D eigenvalue weighted by Crippen LogP contribution is 2.20. The Balaban J connectivity index is 1.74. The number of pyridine rings is 1. The van der Waals surface area contributed by atoms with Crippen LogP contribution in [0.25, 0.3) is 11.1 Å². The number of carbonyl (C=O) groups excluding carboxylic acids is 2. The van der Waals surface area contributed by atoms with Crippen LogP contribution in [-0.2, 0) is 9.53 Å². The number of nitrogens with one attached hydrogen (secondary N) is 2. The summed E-state index contributed by atoms with van der Waals surface area (Å²) in [6.45, 7) is 1.83. The molecule has 3 aromatic rings. The van der Waals surface area contributed by atoms with Crippen molar-refractivity contribution < 1.29 is 18.7 Å². The number of amides is 2. The van der Waals surface area contributed by atoms with E-state index in [1.807, 2.05) is 13.0 Å². The molecule has 128 valence electrons. The number of anilines is 2. The molecule has 3 rings (SSSR count). The van der Waals surface area contributed by atoms with Gasteiger partial charge in [0, 0.05) is 30.2 Å². The van der Waals surface area contributed by atoms with E-state index in [4.69, 9.17) is 9.15 Å². The largest absolute Gasteiger partial charge is 0.449 e.